The van der Waals surface area contributed by atoms with E-state index in [1.165, 1.54) is 7.11 Å². The number of nitriles is 1. The number of esters is 1. The average molecular weight is 289 g/mol. The minimum absolute atomic E-state index is 0.215. The second-order valence-corrected chi connectivity index (χ2v) is 6.59. The Balaban J connectivity index is 2.65. The molecule has 1 rings (SSSR count). The van der Waals surface area contributed by atoms with Crippen molar-refractivity contribution >= 4 is 16.0 Å². The normalized spacial score (nSPS) is 19.6. The molecule has 1 fully saturated rings. The Bertz CT molecular complexity index is 461. The maximum absolute atomic E-state index is 11.9. The predicted octanol–water partition coefficient (Wildman–Crippen LogP) is -0.543. The van der Waals surface area contributed by atoms with Crippen molar-refractivity contribution in [3.8, 4) is 6.07 Å². The summed E-state index contributed by atoms with van der Waals surface area (Å²) in [6.07, 6.45) is 0.669. The van der Waals surface area contributed by atoms with Gasteiger partial charge in [-0.2, -0.15) is 9.98 Å². The molecule has 7 nitrogen and oxygen atoms in total. The zero-order valence-corrected chi connectivity index (χ0v) is 12.0. The van der Waals surface area contributed by atoms with Crippen molar-refractivity contribution in [3.05, 3.63) is 0 Å². The van der Waals surface area contributed by atoms with Gasteiger partial charge in [0.15, 0.2) is 0 Å². The lowest BCUT2D eigenvalue weighted by Gasteiger charge is -2.35. The van der Waals surface area contributed by atoms with E-state index in [0.717, 1.165) is 0 Å². The number of hydrogen-bond donors (Lipinski definition) is 1. The third kappa shape index (κ3) is 4.78. The van der Waals surface area contributed by atoms with Crippen molar-refractivity contribution in [2.75, 3.05) is 33.0 Å². The molecule has 0 aliphatic carbocycles. The van der Waals surface area contributed by atoms with Crippen LogP contribution in [-0.2, 0) is 19.6 Å². The first kappa shape index (κ1) is 15.9. The van der Waals surface area contributed by atoms with Gasteiger partial charge < -0.3 is 9.64 Å². The van der Waals surface area contributed by atoms with Gasteiger partial charge in [-0.05, 0) is 19.9 Å². The Hall–Kier alpha value is -1.17. The second-order valence-electron chi connectivity index (χ2n) is 4.74. The Morgan fingerprint density at radius 2 is 2.05 bits per heavy atom. The SMILES string of the molecule is COC(=O)CCS(=O)(=O)NC1(C#N)CCN(C)CC1. The smallest absolute Gasteiger partial charge is 0.306 e. The van der Waals surface area contributed by atoms with Crippen LogP contribution in [0.2, 0.25) is 0 Å². The molecule has 19 heavy (non-hydrogen) atoms. The number of nitrogens with one attached hydrogen (secondary N) is 1. The fourth-order valence-corrected chi connectivity index (χ4v) is 3.29. The highest BCUT2D eigenvalue weighted by molar-refractivity contribution is 7.89. The molecule has 0 bridgehead atoms. The van der Waals surface area contributed by atoms with Crippen LogP contribution in [0.4, 0.5) is 0 Å². The van der Waals surface area contributed by atoms with E-state index in [4.69, 9.17) is 0 Å². The van der Waals surface area contributed by atoms with Crippen LogP contribution in [0.3, 0.4) is 0 Å². The number of ether oxygens (including phenoxy) is 1. The van der Waals surface area contributed by atoms with Crippen molar-refractivity contribution in [1.82, 2.24) is 9.62 Å². The number of nitrogens with zero attached hydrogens (tertiary/aromatic N) is 2. The quantitative estimate of drug-likeness (QED) is 0.682. The van der Waals surface area contributed by atoms with Gasteiger partial charge in [0.25, 0.3) is 0 Å². The maximum atomic E-state index is 11.9. The lowest BCUT2D eigenvalue weighted by Crippen LogP contribution is -2.54. The summed E-state index contributed by atoms with van der Waals surface area (Å²) < 4.78 is 30.6. The lowest BCUT2D eigenvalue weighted by molar-refractivity contribution is -0.140. The summed E-state index contributed by atoms with van der Waals surface area (Å²) in [4.78, 5) is 13.0. The van der Waals surface area contributed by atoms with Gasteiger partial charge in [-0.3, -0.25) is 4.79 Å². The molecule has 1 aliphatic rings. The number of carbonyl (C=O) groups excluding carboxylic acids is 1. The third-order valence-corrected chi connectivity index (χ3v) is 4.65. The summed E-state index contributed by atoms with van der Waals surface area (Å²) >= 11 is 0. The van der Waals surface area contributed by atoms with Gasteiger partial charge in [-0.25, -0.2) is 8.42 Å². The van der Waals surface area contributed by atoms with Crippen molar-refractivity contribution in [1.29, 1.82) is 5.26 Å². The molecule has 0 radical (unpaired) electrons. The molecule has 0 atom stereocenters. The monoisotopic (exact) mass is 289 g/mol. The molecule has 8 heteroatoms. The zero-order valence-electron chi connectivity index (χ0n) is 11.2. The molecule has 0 aromatic heterocycles. The van der Waals surface area contributed by atoms with Crippen LogP contribution in [0.15, 0.2) is 0 Å². The van der Waals surface area contributed by atoms with Crippen LogP contribution in [0.1, 0.15) is 19.3 Å². The number of piperidine rings is 1. The Morgan fingerprint density at radius 3 is 2.53 bits per heavy atom. The van der Waals surface area contributed by atoms with E-state index in [9.17, 15) is 18.5 Å². The minimum Gasteiger partial charge on any atom is -0.469 e. The van der Waals surface area contributed by atoms with Gasteiger partial charge in [0.05, 0.1) is 25.4 Å². The van der Waals surface area contributed by atoms with E-state index >= 15 is 0 Å². The Morgan fingerprint density at radius 1 is 1.47 bits per heavy atom. The molecular formula is C11H19N3O4S. The molecule has 1 heterocycles. The number of methoxy groups -OCH3 is 1. The van der Waals surface area contributed by atoms with Crippen LogP contribution in [0, 0.1) is 11.3 Å². The van der Waals surface area contributed by atoms with E-state index < -0.39 is 21.5 Å². The van der Waals surface area contributed by atoms with Crippen molar-refractivity contribution in [3.63, 3.8) is 0 Å². The first-order valence-corrected chi connectivity index (χ1v) is 7.66. The first-order chi connectivity index (χ1) is 8.82. The predicted molar refractivity (Wildman–Crippen MR) is 68.6 cm³/mol. The number of sulfonamides is 1. The number of carbonyl (C=O) groups is 1. The molecule has 0 saturated carbocycles. The number of likely N-dealkylation sites (tertiary alicyclic amines) is 1. The molecule has 0 spiro atoms. The van der Waals surface area contributed by atoms with Gasteiger partial charge in [-0.15, -0.1) is 0 Å². The summed E-state index contributed by atoms with van der Waals surface area (Å²) in [5, 5.41) is 9.23. The van der Waals surface area contributed by atoms with Crippen LogP contribution in [-0.4, -0.2) is 57.8 Å². The highest BCUT2D eigenvalue weighted by Gasteiger charge is 2.37. The number of rotatable bonds is 5. The van der Waals surface area contributed by atoms with Gasteiger partial charge in [0.2, 0.25) is 10.0 Å². The largest absolute Gasteiger partial charge is 0.469 e. The minimum atomic E-state index is -3.67. The lowest BCUT2D eigenvalue weighted by atomic mass is 9.91. The van der Waals surface area contributed by atoms with E-state index in [1.54, 1.807) is 0 Å². The van der Waals surface area contributed by atoms with Gasteiger partial charge in [0, 0.05) is 13.1 Å². The van der Waals surface area contributed by atoms with Crippen molar-refractivity contribution < 1.29 is 17.9 Å². The van der Waals surface area contributed by atoms with E-state index in [1.807, 2.05) is 11.9 Å². The third-order valence-electron chi connectivity index (χ3n) is 3.21. The molecule has 0 unspecified atom stereocenters. The molecule has 0 aromatic carbocycles. The fraction of sp³-hybridized carbons (Fsp3) is 0.818. The van der Waals surface area contributed by atoms with Gasteiger partial charge >= 0.3 is 5.97 Å². The molecule has 108 valence electrons. The van der Waals surface area contributed by atoms with E-state index in [-0.39, 0.29) is 12.2 Å². The maximum Gasteiger partial charge on any atom is 0.306 e. The number of hydrogen-bond acceptors (Lipinski definition) is 6. The zero-order chi connectivity index (χ0) is 14.5. The topological polar surface area (TPSA) is 99.5 Å². The highest BCUT2D eigenvalue weighted by atomic mass is 32.2. The van der Waals surface area contributed by atoms with Gasteiger partial charge in [-0.1, -0.05) is 0 Å². The molecular weight excluding hydrogens is 270 g/mol. The summed E-state index contributed by atoms with van der Waals surface area (Å²) in [5.41, 5.74) is -1.05. The molecule has 1 aliphatic heterocycles. The first-order valence-electron chi connectivity index (χ1n) is 6.01. The van der Waals surface area contributed by atoms with Crippen LogP contribution in [0.5, 0.6) is 0 Å². The molecule has 1 saturated heterocycles. The molecule has 0 aromatic rings. The average Bonchev–Trinajstić information content (AvgIpc) is 2.39. The van der Waals surface area contributed by atoms with E-state index in [2.05, 4.69) is 15.5 Å². The molecule has 0 amide bonds. The van der Waals surface area contributed by atoms with Crippen LogP contribution < -0.4 is 4.72 Å². The van der Waals surface area contributed by atoms with Crippen molar-refractivity contribution in [2.24, 2.45) is 0 Å². The van der Waals surface area contributed by atoms with Crippen molar-refractivity contribution in [2.45, 2.75) is 24.8 Å². The summed E-state index contributed by atoms with van der Waals surface area (Å²) in [7, 11) is -0.538. The van der Waals surface area contributed by atoms with Crippen LogP contribution >= 0.6 is 0 Å². The highest BCUT2D eigenvalue weighted by Crippen LogP contribution is 2.21. The van der Waals surface area contributed by atoms with Gasteiger partial charge in [0.1, 0.15) is 5.54 Å². The second kappa shape index (κ2) is 6.32. The summed E-state index contributed by atoms with van der Waals surface area (Å²) in [6.45, 7) is 1.32. The molecule has 1 N–H and O–H groups in total. The standard InChI is InChI=1S/C11H19N3O4S/c1-14-6-4-11(9-12,5-7-14)13-19(16,17)8-3-10(15)18-2/h13H,3-8H2,1-2H3. The van der Waals surface area contributed by atoms with Crippen LogP contribution in [0.25, 0.3) is 0 Å². The van der Waals surface area contributed by atoms with E-state index in [0.29, 0.717) is 25.9 Å². The Labute approximate surface area is 113 Å². The fourth-order valence-electron chi connectivity index (χ4n) is 1.91. The summed E-state index contributed by atoms with van der Waals surface area (Å²) in [6, 6.07) is 2.06. The Kier molecular flexibility index (Phi) is 5.29. The summed E-state index contributed by atoms with van der Waals surface area (Å²) in [5.74, 6) is -0.946.